The third-order valence-corrected chi connectivity index (χ3v) is 7.07. The van der Waals surface area contributed by atoms with Crippen molar-refractivity contribution >= 4 is 5.97 Å². The average molecular weight is 334 g/mol. The van der Waals surface area contributed by atoms with Crippen molar-refractivity contribution in [2.45, 2.75) is 52.1 Å². The number of fused-ring (bicyclic) bond motifs is 1. The molecule has 0 spiro atoms. The second kappa shape index (κ2) is 6.30. The molecular weight excluding hydrogens is 304 g/mol. The molecule has 0 radical (unpaired) electrons. The van der Waals surface area contributed by atoms with Crippen LogP contribution in [0.1, 0.15) is 46.0 Å². The summed E-state index contributed by atoms with van der Waals surface area (Å²) in [6.45, 7) is 9.10. The standard InChI is InChI=1S/C20H30O4/c1-13-4-7-16-19(2,10-8-17(22)20(16,3)12-21)15(13)6-5-14-9-11-24-18(14)23/h5-6,14-17,21-22H,1,4,7-12H2,2-3H3/b6-5+/t14?,15-,16?,17-,19+,20+/m0/s1. The first-order valence-corrected chi connectivity index (χ1v) is 9.14. The smallest absolute Gasteiger partial charge is 0.312 e. The first kappa shape index (κ1) is 17.7. The summed E-state index contributed by atoms with van der Waals surface area (Å²) in [6.07, 6.45) is 7.93. The zero-order valence-corrected chi connectivity index (χ0v) is 14.8. The molecule has 0 bridgehead atoms. The second-order valence-corrected chi connectivity index (χ2v) is 8.40. The number of aliphatic hydroxyl groups excluding tert-OH is 2. The Balaban J connectivity index is 1.89. The fraction of sp³-hybridized carbons (Fsp3) is 0.750. The van der Waals surface area contributed by atoms with Crippen molar-refractivity contribution in [3.63, 3.8) is 0 Å². The number of hydrogen-bond donors (Lipinski definition) is 2. The van der Waals surface area contributed by atoms with Gasteiger partial charge in [-0.1, -0.05) is 38.2 Å². The molecule has 0 aromatic carbocycles. The van der Waals surface area contributed by atoms with Crippen LogP contribution in [-0.2, 0) is 9.53 Å². The van der Waals surface area contributed by atoms with E-state index in [0.717, 1.165) is 25.7 Å². The minimum absolute atomic E-state index is 0.00623. The number of cyclic esters (lactones) is 1. The van der Waals surface area contributed by atoms with Crippen molar-refractivity contribution in [3.8, 4) is 0 Å². The second-order valence-electron chi connectivity index (χ2n) is 8.40. The van der Waals surface area contributed by atoms with Gasteiger partial charge in [-0.2, -0.15) is 0 Å². The van der Waals surface area contributed by atoms with Crippen molar-refractivity contribution in [1.82, 2.24) is 0 Å². The van der Waals surface area contributed by atoms with Crippen LogP contribution in [0.15, 0.2) is 24.3 Å². The Morgan fingerprint density at radius 1 is 1.29 bits per heavy atom. The molecule has 1 heterocycles. The van der Waals surface area contributed by atoms with Gasteiger partial charge in [-0.3, -0.25) is 4.79 Å². The molecule has 2 unspecified atom stereocenters. The lowest BCUT2D eigenvalue weighted by Crippen LogP contribution is -2.57. The lowest BCUT2D eigenvalue weighted by molar-refractivity contribution is -0.146. The van der Waals surface area contributed by atoms with E-state index in [0.29, 0.717) is 13.0 Å². The number of carbonyl (C=O) groups excluding carboxylic acids is 1. The molecule has 6 atom stereocenters. The summed E-state index contributed by atoms with van der Waals surface area (Å²) < 4.78 is 5.05. The number of allylic oxidation sites excluding steroid dienone is 2. The molecule has 1 aliphatic heterocycles. The van der Waals surface area contributed by atoms with Crippen molar-refractivity contribution in [2.24, 2.45) is 28.6 Å². The van der Waals surface area contributed by atoms with Crippen LogP contribution in [0.4, 0.5) is 0 Å². The molecule has 0 amide bonds. The molecule has 3 aliphatic rings. The van der Waals surface area contributed by atoms with Gasteiger partial charge in [-0.25, -0.2) is 0 Å². The van der Waals surface area contributed by atoms with Crippen molar-refractivity contribution in [1.29, 1.82) is 0 Å². The third kappa shape index (κ3) is 2.64. The Hall–Kier alpha value is -1.13. The lowest BCUT2D eigenvalue weighted by atomic mass is 9.46. The fourth-order valence-electron chi connectivity index (χ4n) is 5.42. The predicted molar refractivity (Wildman–Crippen MR) is 92.1 cm³/mol. The largest absolute Gasteiger partial charge is 0.465 e. The predicted octanol–water partition coefficient (Wildman–Crippen LogP) is 2.85. The Morgan fingerprint density at radius 3 is 2.67 bits per heavy atom. The number of hydrogen-bond acceptors (Lipinski definition) is 4. The maximum Gasteiger partial charge on any atom is 0.312 e. The Morgan fingerprint density at radius 2 is 2.04 bits per heavy atom. The van der Waals surface area contributed by atoms with E-state index in [1.807, 2.05) is 13.0 Å². The SMILES string of the molecule is C=C1CCC2[C@](C)(CC[C@H](O)[C@]2(C)CO)[C@H]1/C=C/C1CCOC1=O. The van der Waals surface area contributed by atoms with Crippen LogP contribution < -0.4 is 0 Å². The van der Waals surface area contributed by atoms with Gasteiger partial charge in [-0.05, 0) is 43.4 Å². The number of rotatable bonds is 3. The first-order valence-electron chi connectivity index (χ1n) is 9.14. The van der Waals surface area contributed by atoms with Crippen molar-refractivity contribution < 1.29 is 19.7 Å². The van der Waals surface area contributed by atoms with E-state index in [4.69, 9.17) is 4.74 Å². The molecule has 2 saturated carbocycles. The van der Waals surface area contributed by atoms with E-state index in [2.05, 4.69) is 19.6 Å². The Bertz CT molecular complexity index is 554. The van der Waals surface area contributed by atoms with E-state index >= 15 is 0 Å². The molecule has 3 rings (SSSR count). The molecule has 1 saturated heterocycles. The molecule has 3 fully saturated rings. The molecule has 0 aromatic heterocycles. The minimum atomic E-state index is -0.466. The van der Waals surface area contributed by atoms with E-state index < -0.39 is 11.5 Å². The normalized spacial score (nSPS) is 46.2. The van der Waals surface area contributed by atoms with E-state index in [1.165, 1.54) is 5.57 Å². The molecular formula is C20H30O4. The van der Waals surface area contributed by atoms with Gasteiger partial charge in [0.2, 0.25) is 0 Å². The summed E-state index contributed by atoms with van der Waals surface area (Å²) in [7, 11) is 0. The number of carbonyl (C=O) groups is 1. The first-order chi connectivity index (χ1) is 11.3. The van der Waals surface area contributed by atoms with E-state index in [9.17, 15) is 15.0 Å². The highest BCUT2D eigenvalue weighted by Crippen LogP contribution is 2.61. The lowest BCUT2D eigenvalue weighted by Gasteiger charge is -2.59. The molecule has 2 aliphatic carbocycles. The van der Waals surface area contributed by atoms with Crippen LogP contribution in [0.5, 0.6) is 0 Å². The van der Waals surface area contributed by atoms with Crippen molar-refractivity contribution in [2.75, 3.05) is 13.2 Å². The summed E-state index contributed by atoms with van der Waals surface area (Å²) >= 11 is 0. The maximum absolute atomic E-state index is 11.7. The quantitative estimate of drug-likeness (QED) is 0.615. The van der Waals surface area contributed by atoms with Gasteiger partial charge in [0, 0.05) is 11.3 Å². The monoisotopic (exact) mass is 334 g/mol. The highest BCUT2D eigenvalue weighted by Gasteiger charge is 2.57. The molecule has 4 nitrogen and oxygen atoms in total. The topological polar surface area (TPSA) is 66.8 Å². The minimum Gasteiger partial charge on any atom is -0.465 e. The van der Waals surface area contributed by atoms with Crippen LogP contribution in [0, 0.1) is 28.6 Å². The molecule has 134 valence electrons. The molecule has 4 heteroatoms. The van der Waals surface area contributed by atoms with Gasteiger partial charge in [0.1, 0.15) is 0 Å². The Kier molecular flexibility index (Phi) is 4.65. The number of esters is 1. The summed E-state index contributed by atoms with van der Waals surface area (Å²) in [4.78, 5) is 11.7. The van der Waals surface area contributed by atoms with Gasteiger partial charge in [0.15, 0.2) is 0 Å². The maximum atomic E-state index is 11.7. The summed E-state index contributed by atoms with van der Waals surface area (Å²) in [5.74, 6) is 0.159. The highest BCUT2D eigenvalue weighted by atomic mass is 16.5. The van der Waals surface area contributed by atoms with Crippen LogP contribution in [0.3, 0.4) is 0 Å². The van der Waals surface area contributed by atoms with Crippen LogP contribution in [0.25, 0.3) is 0 Å². The zero-order chi connectivity index (χ0) is 17.5. The van der Waals surface area contributed by atoms with Gasteiger partial charge >= 0.3 is 5.97 Å². The van der Waals surface area contributed by atoms with Gasteiger partial charge in [0.25, 0.3) is 0 Å². The third-order valence-electron chi connectivity index (χ3n) is 7.07. The number of aliphatic hydroxyl groups is 2. The summed E-state index contributed by atoms with van der Waals surface area (Å²) in [5, 5.41) is 20.5. The van der Waals surface area contributed by atoms with Gasteiger partial charge < -0.3 is 14.9 Å². The van der Waals surface area contributed by atoms with Gasteiger partial charge in [0.05, 0.1) is 25.2 Å². The summed E-state index contributed by atoms with van der Waals surface area (Å²) in [6, 6.07) is 0. The van der Waals surface area contributed by atoms with Gasteiger partial charge in [-0.15, -0.1) is 0 Å². The molecule has 0 aromatic rings. The molecule has 24 heavy (non-hydrogen) atoms. The van der Waals surface area contributed by atoms with Crippen LogP contribution in [0.2, 0.25) is 0 Å². The zero-order valence-electron chi connectivity index (χ0n) is 14.8. The number of ether oxygens (including phenoxy) is 1. The molecule has 2 N–H and O–H groups in total. The fourth-order valence-corrected chi connectivity index (χ4v) is 5.42. The Labute approximate surface area is 144 Å². The van der Waals surface area contributed by atoms with Crippen LogP contribution in [-0.4, -0.2) is 35.5 Å². The summed E-state index contributed by atoms with van der Waals surface area (Å²) in [5.41, 5.74) is 0.699. The van der Waals surface area contributed by atoms with E-state index in [1.54, 1.807) is 0 Å². The average Bonchev–Trinajstić information content (AvgIpc) is 2.96. The highest BCUT2D eigenvalue weighted by molar-refractivity contribution is 5.76. The van der Waals surface area contributed by atoms with E-state index in [-0.39, 0.29) is 35.7 Å². The van der Waals surface area contributed by atoms with Crippen LogP contribution >= 0.6 is 0 Å². The van der Waals surface area contributed by atoms with Crippen molar-refractivity contribution in [3.05, 3.63) is 24.3 Å².